The van der Waals surface area contributed by atoms with Crippen LogP contribution >= 0.6 is 0 Å². The lowest BCUT2D eigenvalue weighted by atomic mass is 9.95. The standard InChI is InChI=1S/C16H14N2O5/c1-2-14(19)12-5-8(17-21)6-13-15(12)10-4-3-9(18(22)23)7-11(10)16(13)20/h3-7,16-17,20-21H,2H2,1H3. The van der Waals surface area contributed by atoms with Crippen LogP contribution in [0.15, 0.2) is 30.3 Å². The fourth-order valence-electron chi connectivity index (χ4n) is 2.94. The maximum absolute atomic E-state index is 12.2. The van der Waals surface area contributed by atoms with E-state index in [-0.39, 0.29) is 23.6 Å². The Morgan fingerprint density at radius 1 is 1.30 bits per heavy atom. The molecule has 1 aliphatic rings. The summed E-state index contributed by atoms with van der Waals surface area (Å²) in [5.41, 5.74) is 4.49. The normalized spacial score (nSPS) is 15.0. The van der Waals surface area contributed by atoms with Gasteiger partial charge in [0.25, 0.3) is 5.69 Å². The molecule has 2 aromatic carbocycles. The van der Waals surface area contributed by atoms with Gasteiger partial charge in [0.1, 0.15) is 6.10 Å². The van der Waals surface area contributed by atoms with E-state index in [0.717, 1.165) is 0 Å². The average Bonchev–Trinajstić information content (AvgIpc) is 2.85. The van der Waals surface area contributed by atoms with Crippen LogP contribution in [0.1, 0.15) is 40.9 Å². The van der Waals surface area contributed by atoms with Crippen LogP contribution in [0.5, 0.6) is 0 Å². The number of nitro groups is 1. The van der Waals surface area contributed by atoms with Crippen molar-refractivity contribution in [3.63, 3.8) is 0 Å². The second-order valence-electron chi connectivity index (χ2n) is 5.31. The van der Waals surface area contributed by atoms with Gasteiger partial charge in [-0.1, -0.05) is 6.92 Å². The van der Waals surface area contributed by atoms with Gasteiger partial charge in [-0.15, -0.1) is 0 Å². The van der Waals surface area contributed by atoms with Crippen LogP contribution in [-0.2, 0) is 0 Å². The highest BCUT2D eigenvalue weighted by molar-refractivity contribution is 6.05. The van der Waals surface area contributed by atoms with Crippen molar-refractivity contribution in [2.75, 3.05) is 5.48 Å². The number of aliphatic hydroxyl groups excluding tert-OH is 1. The SMILES string of the molecule is CCC(=O)c1cc(NO)cc2c1-c1ccc([N+](=O)[O-])cc1C2O. The number of rotatable bonds is 4. The molecule has 0 radical (unpaired) electrons. The summed E-state index contributed by atoms with van der Waals surface area (Å²) in [5, 5.41) is 30.6. The quantitative estimate of drug-likeness (QED) is 0.454. The van der Waals surface area contributed by atoms with Crippen LogP contribution in [0.3, 0.4) is 0 Å². The molecule has 0 fully saturated rings. The van der Waals surface area contributed by atoms with Gasteiger partial charge >= 0.3 is 0 Å². The highest BCUT2D eigenvalue weighted by Crippen LogP contribution is 2.47. The van der Waals surface area contributed by atoms with E-state index in [1.165, 1.54) is 24.3 Å². The molecule has 0 saturated heterocycles. The summed E-state index contributed by atoms with van der Waals surface area (Å²) in [6.07, 6.45) is -0.823. The minimum atomic E-state index is -1.09. The van der Waals surface area contributed by atoms with Crippen molar-refractivity contribution >= 4 is 17.2 Å². The van der Waals surface area contributed by atoms with E-state index < -0.39 is 11.0 Å². The number of Topliss-reactive ketones (excluding diaryl/α,β-unsaturated/α-hetero) is 1. The maximum atomic E-state index is 12.2. The minimum Gasteiger partial charge on any atom is -0.384 e. The second kappa shape index (κ2) is 5.45. The first-order chi connectivity index (χ1) is 11.0. The molecule has 2 aromatic rings. The van der Waals surface area contributed by atoms with Crippen LogP contribution in [0, 0.1) is 10.1 Å². The third-order valence-electron chi connectivity index (χ3n) is 4.02. The van der Waals surface area contributed by atoms with Gasteiger partial charge in [0.2, 0.25) is 0 Å². The molecule has 0 saturated carbocycles. The fraction of sp³-hybridized carbons (Fsp3) is 0.188. The van der Waals surface area contributed by atoms with E-state index in [1.54, 1.807) is 13.0 Å². The molecular formula is C16H14N2O5. The molecule has 1 aliphatic carbocycles. The Hall–Kier alpha value is -2.77. The van der Waals surface area contributed by atoms with Crippen LogP contribution in [-0.4, -0.2) is 21.0 Å². The first kappa shape index (κ1) is 15.1. The highest BCUT2D eigenvalue weighted by Gasteiger charge is 2.32. The van der Waals surface area contributed by atoms with Gasteiger partial charge in [-0.2, -0.15) is 0 Å². The number of hydrogen-bond donors (Lipinski definition) is 3. The monoisotopic (exact) mass is 314 g/mol. The highest BCUT2D eigenvalue weighted by atomic mass is 16.6. The molecule has 3 rings (SSSR count). The molecule has 0 heterocycles. The molecule has 0 spiro atoms. The Morgan fingerprint density at radius 2 is 2.04 bits per heavy atom. The zero-order chi connectivity index (χ0) is 16.7. The first-order valence-corrected chi connectivity index (χ1v) is 7.06. The molecule has 3 N–H and O–H groups in total. The van der Waals surface area contributed by atoms with E-state index >= 15 is 0 Å². The number of ketones is 1. The Labute approximate surface area is 131 Å². The first-order valence-electron chi connectivity index (χ1n) is 7.06. The molecule has 0 bridgehead atoms. The lowest BCUT2D eigenvalue weighted by Crippen LogP contribution is -2.03. The van der Waals surface area contributed by atoms with E-state index in [1.807, 2.05) is 5.48 Å². The molecule has 0 amide bonds. The number of aliphatic hydroxyl groups is 1. The Balaban J connectivity index is 2.28. The summed E-state index contributed by atoms with van der Waals surface area (Å²) in [6.45, 7) is 1.72. The predicted octanol–water partition coefficient (Wildman–Crippen LogP) is 3.05. The van der Waals surface area contributed by atoms with E-state index in [0.29, 0.717) is 27.8 Å². The van der Waals surface area contributed by atoms with Gasteiger partial charge in [-0.3, -0.25) is 25.6 Å². The maximum Gasteiger partial charge on any atom is 0.269 e. The summed E-state index contributed by atoms with van der Waals surface area (Å²) in [7, 11) is 0. The summed E-state index contributed by atoms with van der Waals surface area (Å²) >= 11 is 0. The Morgan fingerprint density at radius 3 is 2.65 bits per heavy atom. The number of benzene rings is 2. The third kappa shape index (κ3) is 2.26. The fourth-order valence-corrected chi connectivity index (χ4v) is 2.94. The van der Waals surface area contributed by atoms with Gasteiger partial charge in [-0.05, 0) is 40.5 Å². The molecule has 23 heavy (non-hydrogen) atoms. The van der Waals surface area contributed by atoms with Crippen LogP contribution in [0.2, 0.25) is 0 Å². The van der Waals surface area contributed by atoms with Crippen molar-refractivity contribution in [2.24, 2.45) is 0 Å². The average molecular weight is 314 g/mol. The number of hydrogen-bond acceptors (Lipinski definition) is 6. The Bertz CT molecular complexity index is 831. The van der Waals surface area contributed by atoms with Gasteiger partial charge in [0.05, 0.1) is 10.6 Å². The van der Waals surface area contributed by atoms with Crippen molar-refractivity contribution in [1.29, 1.82) is 0 Å². The lowest BCUT2D eigenvalue weighted by molar-refractivity contribution is -0.384. The summed E-state index contributed by atoms with van der Waals surface area (Å²) in [4.78, 5) is 22.6. The van der Waals surface area contributed by atoms with Gasteiger partial charge in [0, 0.05) is 24.1 Å². The minimum absolute atomic E-state index is 0.125. The topological polar surface area (TPSA) is 113 Å². The van der Waals surface area contributed by atoms with Crippen LogP contribution in [0.4, 0.5) is 11.4 Å². The smallest absolute Gasteiger partial charge is 0.269 e. The number of fused-ring (bicyclic) bond motifs is 3. The molecule has 1 unspecified atom stereocenters. The van der Waals surface area contributed by atoms with Crippen molar-refractivity contribution in [3.05, 3.63) is 57.1 Å². The summed E-state index contributed by atoms with van der Waals surface area (Å²) < 4.78 is 0. The van der Waals surface area contributed by atoms with Crippen LogP contribution < -0.4 is 5.48 Å². The van der Waals surface area contributed by atoms with Crippen molar-refractivity contribution in [3.8, 4) is 11.1 Å². The molecule has 7 nitrogen and oxygen atoms in total. The van der Waals surface area contributed by atoms with Crippen molar-refractivity contribution in [2.45, 2.75) is 19.4 Å². The molecule has 0 aromatic heterocycles. The van der Waals surface area contributed by atoms with E-state index in [2.05, 4.69) is 0 Å². The summed E-state index contributed by atoms with van der Waals surface area (Å²) in [5.74, 6) is -0.142. The number of non-ortho nitro benzene ring substituents is 1. The van der Waals surface area contributed by atoms with E-state index in [4.69, 9.17) is 5.21 Å². The molecule has 0 aliphatic heterocycles. The zero-order valence-corrected chi connectivity index (χ0v) is 12.2. The zero-order valence-electron chi connectivity index (χ0n) is 12.2. The number of nitrogens with zero attached hydrogens (tertiary/aromatic N) is 1. The number of carbonyl (C=O) groups excluding carboxylic acids is 1. The number of anilines is 1. The number of carbonyl (C=O) groups is 1. The van der Waals surface area contributed by atoms with Gasteiger partial charge in [-0.25, -0.2) is 0 Å². The van der Waals surface area contributed by atoms with Crippen molar-refractivity contribution in [1.82, 2.24) is 0 Å². The predicted molar refractivity (Wildman–Crippen MR) is 82.6 cm³/mol. The molecule has 118 valence electrons. The largest absolute Gasteiger partial charge is 0.384 e. The second-order valence-corrected chi connectivity index (χ2v) is 5.31. The molecule has 7 heteroatoms. The number of nitro benzene ring substituents is 1. The van der Waals surface area contributed by atoms with Gasteiger partial charge < -0.3 is 5.11 Å². The van der Waals surface area contributed by atoms with Crippen LogP contribution in [0.25, 0.3) is 11.1 Å². The van der Waals surface area contributed by atoms with Gasteiger partial charge in [0.15, 0.2) is 5.78 Å². The Kier molecular flexibility index (Phi) is 3.59. The number of nitrogens with one attached hydrogen (secondary N) is 1. The third-order valence-corrected chi connectivity index (χ3v) is 4.02. The lowest BCUT2D eigenvalue weighted by Gasteiger charge is -2.11. The summed E-state index contributed by atoms with van der Waals surface area (Å²) in [6, 6.07) is 7.23. The van der Waals surface area contributed by atoms with E-state index in [9.17, 15) is 20.0 Å². The van der Waals surface area contributed by atoms with Crippen molar-refractivity contribution < 1.29 is 20.0 Å². The molecule has 1 atom stereocenters. The molecular weight excluding hydrogens is 300 g/mol.